The Morgan fingerprint density at radius 3 is 2.44 bits per heavy atom. The number of urea groups is 1. The Balaban J connectivity index is 2.53. The van der Waals surface area contributed by atoms with Crippen molar-refractivity contribution in [3.63, 3.8) is 0 Å². The molecule has 2 N–H and O–H groups in total. The zero-order valence-corrected chi connectivity index (χ0v) is 10.1. The van der Waals surface area contributed by atoms with Crippen LogP contribution in [0.5, 0.6) is 0 Å². The number of aliphatic carboxylic acids is 1. The zero-order valence-electron chi connectivity index (χ0n) is 10.1. The first kappa shape index (κ1) is 12.8. The SMILES string of the molecule is CC[C@H](C)[C@H](NC(=O)N(C)C1CC1)C(=O)O. The van der Waals surface area contributed by atoms with E-state index in [0.717, 1.165) is 19.3 Å². The summed E-state index contributed by atoms with van der Waals surface area (Å²) in [6, 6.07) is -0.778. The highest BCUT2D eigenvalue weighted by atomic mass is 16.4. The van der Waals surface area contributed by atoms with Gasteiger partial charge in [0.2, 0.25) is 0 Å². The monoisotopic (exact) mass is 228 g/mol. The van der Waals surface area contributed by atoms with Gasteiger partial charge in [0.15, 0.2) is 0 Å². The van der Waals surface area contributed by atoms with Crippen LogP contribution in [0.1, 0.15) is 33.1 Å². The summed E-state index contributed by atoms with van der Waals surface area (Å²) in [7, 11) is 1.71. The van der Waals surface area contributed by atoms with Crippen LogP contribution in [0.2, 0.25) is 0 Å². The Labute approximate surface area is 95.8 Å². The minimum atomic E-state index is -0.966. The lowest BCUT2D eigenvalue weighted by Gasteiger charge is -2.24. The van der Waals surface area contributed by atoms with Crippen LogP contribution in [-0.4, -0.2) is 41.1 Å². The number of carbonyl (C=O) groups excluding carboxylic acids is 1. The van der Waals surface area contributed by atoms with E-state index in [4.69, 9.17) is 5.11 Å². The number of hydrogen-bond acceptors (Lipinski definition) is 2. The molecular weight excluding hydrogens is 208 g/mol. The molecule has 0 spiro atoms. The third-order valence-corrected chi connectivity index (χ3v) is 3.17. The van der Waals surface area contributed by atoms with Gasteiger partial charge in [0.05, 0.1) is 0 Å². The normalized spacial score (nSPS) is 18.7. The molecule has 0 aliphatic heterocycles. The fourth-order valence-corrected chi connectivity index (χ4v) is 1.55. The lowest BCUT2D eigenvalue weighted by atomic mass is 9.99. The van der Waals surface area contributed by atoms with Crippen molar-refractivity contribution in [3.05, 3.63) is 0 Å². The van der Waals surface area contributed by atoms with Crippen molar-refractivity contribution in [2.24, 2.45) is 5.92 Å². The van der Waals surface area contributed by atoms with Crippen LogP contribution in [0.4, 0.5) is 4.79 Å². The number of nitrogens with one attached hydrogen (secondary N) is 1. The van der Waals surface area contributed by atoms with Gasteiger partial charge in [-0.15, -0.1) is 0 Å². The smallest absolute Gasteiger partial charge is 0.326 e. The highest BCUT2D eigenvalue weighted by Gasteiger charge is 2.32. The van der Waals surface area contributed by atoms with E-state index in [1.54, 1.807) is 11.9 Å². The van der Waals surface area contributed by atoms with Crippen LogP contribution >= 0.6 is 0 Å². The summed E-state index contributed by atoms with van der Waals surface area (Å²) in [5.74, 6) is -1.03. The van der Waals surface area contributed by atoms with Crippen LogP contribution in [0.25, 0.3) is 0 Å². The van der Waals surface area contributed by atoms with Gasteiger partial charge < -0.3 is 15.3 Å². The van der Waals surface area contributed by atoms with Gasteiger partial charge in [-0.05, 0) is 18.8 Å². The fourth-order valence-electron chi connectivity index (χ4n) is 1.55. The molecule has 0 saturated heterocycles. The summed E-state index contributed by atoms with van der Waals surface area (Å²) in [5, 5.41) is 11.6. The molecule has 1 fully saturated rings. The van der Waals surface area contributed by atoms with E-state index in [-0.39, 0.29) is 11.9 Å². The van der Waals surface area contributed by atoms with E-state index in [2.05, 4.69) is 5.32 Å². The van der Waals surface area contributed by atoms with Gasteiger partial charge in [0, 0.05) is 13.1 Å². The molecule has 5 heteroatoms. The summed E-state index contributed by atoms with van der Waals surface area (Å²) >= 11 is 0. The molecule has 0 aromatic carbocycles. The second-order valence-electron chi connectivity index (χ2n) is 4.49. The first-order valence-corrected chi connectivity index (χ1v) is 5.73. The van der Waals surface area contributed by atoms with Crippen LogP contribution in [0.3, 0.4) is 0 Å². The van der Waals surface area contributed by atoms with Crippen LogP contribution in [0, 0.1) is 5.92 Å². The highest BCUT2D eigenvalue weighted by molar-refractivity contribution is 5.82. The van der Waals surface area contributed by atoms with E-state index in [0.29, 0.717) is 6.04 Å². The van der Waals surface area contributed by atoms with Gasteiger partial charge >= 0.3 is 12.0 Å². The molecule has 2 amide bonds. The molecule has 5 nitrogen and oxygen atoms in total. The molecule has 0 radical (unpaired) electrons. The Kier molecular flexibility index (Phi) is 4.15. The number of hydrogen-bond donors (Lipinski definition) is 2. The van der Waals surface area contributed by atoms with Crippen molar-refractivity contribution in [2.45, 2.75) is 45.2 Å². The van der Waals surface area contributed by atoms with Gasteiger partial charge in [-0.25, -0.2) is 9.59 Å². The molecule has 1 aliphatic carbocycles. The summed E-state index contributed by atoms with van der Waals surface area (Å²) in [6.07, 6.45) is 2.76. The number of nitrogens with zero attached hydrogens (tertiary/aromatic N) is 1. The van der Waals surface area contributed by atoms with Gasteiger partial charge in [-0.1, -0.05) is 20.3 Å². The molecule has 1 rings (SSSR count). The molecule has 0 bridgehead atoms. The largest absolute Gasteiger partial charge is 0.480 e. The summed E-state index contributed by atoms with van der Waals surface area (Å²) in [4.78, 5) is 24.3. The number of carboxylic acids is 1. The predicted molar refractivity (Wildman–Crippen MR) is 60.2 cm³/mol. The summed E-state index contributed by atoms with van der Waals surface area (Å²) in [5.41, 5.74) is 0. The molecule has 0 heterocycles. The zero-order chi connectivity index (χ0) is 12.3. The van der Waals surface area contributed by atoms with Crippen molar-refractivity contribution >= 4 is 12.0 Å². The number of carbonyl (C=O) groups is 2. The van der Waals surface area contributed by atoms with Crippen LogP contribution < -0.4 is 5.32 Å². The van der Waals surface area contributed by atoms with E-state index in [1.807, 2.05) is 13.8 Å². The van der Waals surface area contributed by atoms with Crippen molar-refractivity contribution in [3.8, 4) is 0 Å². The standard InChI is InChI=1S/C11H20N2O3/c1-4-7(2)9(10(14)15)12-11(16)13(3)8-5-6-8/h7-9H,4-6H2,1-3H3,(H,12,16)(H,14,15)/t7-,9-/m0/s1. The van der Waals surface area contributed by atoms with E-state index in [9.17, 15) is 9.59 Å². The minimum absolute atomic E-state index is 0.0611. The first-order chi connectivity index (χ1) is 7.47. The molecule has 92 valence electrons. The lowest BCUT2D eigenvalue weighted by Crippen LogP contribution is -2.50. The number of rotatable bonds is 5. The van der Waals surface area contributed by atoms with Crippen molar-refractivity contribution in [1.82, 2.24) is 10.2 Å². The molecule has 0 aromatic rings. The maximum Gasteiger partial charge on any atom is 0.326 e. The molecular formula is C11H20N2O3. The Morgan fingerprint density at radius 2 is 2.06 bits per heavy atom. The third-order valence-electron chi connectivity index (χ3n) is 3.17. The summed E-state index contributed by atoms with van der Waals surface area (Å²) in [6.45, 7) is 3.74. The molecule has 0 aromatic heterocycles. The lowest BCUT2D eigenvalue weighted by molar-refractivity contribution is -0.140. The highest BCUT2D eigenvalue weighted by Crippen LogP contribution is 2.25. The molecule has 1 saturated carbocycles. The van der Waals surface area contributed by atoms with Crippen molar-refractivity contribution in [1.29, 1.82) is 0 Å². The molecule has 2 atom stereocenters. The van der Waals surface area contributed by atoms with Gasteiger partial charge in [0.25, 0.3) is 0 Å². The first-order valence-electron chi connectivity index (χ1n) is 5.73. The Bertz CT molecular complexity index is 276. The van der Waals surface area contributed by atoms with Crippen molar-refractivity contribution < 1.29 is 14.7 Å². The molecule has 1 aliphatic rings. The number of carboxylic acid groups (broad SMARTS) is 1. The van der Waals surface area contributed by atoms with Gasteiger partial charge in [-0.3, -0.25) is 0 Å². The fraction of sp³-hybridized carbons (Fsp3) is 0.818. The topological polar surface area (TPSA) is 69.6 Å². The molecule has 16 heavy (non-hydrogen) atoms. The summed E-state index contributed by atoms with van der Waals surface area (Å²) < 4.78 is 0. The second kappa shape index (κ2) is 5.18. The van der Waals surface area contributed by atoms with Crippen LogP contribution in [0.15, 0.2) is 0 Å². The van der Waals surface area contributed by atoms with Gasteiger partial charge in [-0.2, -0.15) is 0 Å². The van der Waals surface area contributed by atoms with E-state index >= 15 is 0 Å². The maximum absolute atomic E-state index is 11.7. The Hall–Kier alpha value is -1.26. The van der Waals surface area contributed by atoms with Crippen molar-refractivity contribution in [2.75, 3.05) is 7.05 Å². The van der Waals surface area contributed by atoms with Crippen LogP contribution in [-0.2, 0) is 4.79 Å². The second-order valence-corrected chi connectivity index (χ2v) is 4.49. The minimum Gasteiger partial charge on any atom is -0.480 e. The van der Waals surface area contributed by atoms with E-state index < -0.39 is 12.0 Å². The van der Waals surface area contributed by atoms with Gasteiger partial charge in [0.1, 0.15) is 6.04 Å². The quantitative estimate of drug-likeness (QED) is 0.745. The third kappa shape index (κ3) is 3.12. The maximum atomic E-state index is 11.7. The molecule has 0 unspecified atom stereocenters. The average Bonchev–Trinajstić information content (AvgIpc) is 3.06. The number of amides is 2. The van der Waals surface area contributed by atoms with E-state index in [1.165, 1.54) is 0 Å². The average molecular weight is 228 g/mol. The Morgan fingerprint density at radius 1 is 1.50 bits per heavy atom. The predicted octanol–water partition coefficient (Wildman–Crippen LogP) is 1.29.